The Labute approximate surface area is 253 Å². The fourth-order valence-electron chi connectivity index (χ4n) is 7.14. The van der Waals surface area contributed by atoms with Crippen LogP contribution in [0.3, 0.4) is 0 Å². The van der Waals surface area contributed by atoms with Gasteiger partial charge in [0.1, 0.15) is 0 Å². The highest BCUT2D eigenvalue weighted by Crippen LogP contribution is 2.54. The molecule has 0 bridgehead atoms. The van der Waals surface area contributed by atoms with Crippen molar-refractivity contribution >= 4 is 32.8 Å². The van der Waals surface area contributed by atoms with Crippen LogP contribution in [-0.2, 0) is 5.41 Å². The van der Waals surface area contributed by atoms with E-state index in [-0.39, 0.29) is 5.41 Å². The Morgan fingerprint density at radius 1 is 0.545 bits per heavy atom. The molecule has 1 aliphatic carbocycles. The fraction of sp³-hybridized carbons (Fsp3) is 0.0789. The van der Waals surface area contributed by atoms with Crippen LogP contribution >= 0.6 is 0 Å². The maximum Gasteiger partial charge on any atom is 0.0933 e. The van der Waals surface area contributed by atoms with Crippen molar-refractivity contribution < 1.29 is 0 Å². The minimum Gasteiger partial charge on any atom is -0.309 e. The Hall–Kier alpha value is -5.75. The molecule has 8 aromatic rings. The lowest BCUT2D eigenvalue weighted by Crippen LogP contribution is -2.17. The van der Waals surface area contributed by atoms with E-state index in [2.05, 4.69) is 94.0 Å². The molecule has 0 saturated carbocycles. The molecular weight excluding hydrogens is 540 g/mol. The number of benzene rings is 3. The first kappa shape index (κ1) is 24.8. The minimum atomic E-state index is -0.327. The summed E-state index contributed by atoms with van der Waals surface area (Å²) in [7, 11) is 0. The van der Waals surface area contributed by atoms with Crippen LogP contribution in [0.1, 0.15) is 25.0 Å². The topological polar surface area (TPSA) is 69.4 Å². The third-order valence-corrected chi connectivity index (χ3v) is 8.94. The van der Waals surface area contributed by atoms with Gasteiger partial charge in [0.05, 0.1) is 50.5 Å². The number of hydrogen-bond donors (Lipinski definition) is 0. The zero-order valence-corrected chi connectivity index (χ0v) is 24.2. The van der Waals surface area contributed by atoms with Crippen molar-refractivity contribution in [2.45, 2.75) is 19.3 Å². The molecule has 1 aliphatic rings. The Bertz CT molecular complexity index is 2350. The van der Waals surface area contributed by atoms with Gasteiger partial charge in [0.25, 0.3) is 0 Å². The van der Waals surface area contributed by atoms with Gasteiger partial charge in [-0.05, 0) is 70.8 Å². The van der Waals surface area contributed by atoms with Gasteiger partial charge in [-0.25, -0.2) is 4.98 Å². The average Bonchev–Trinajstić information content (AvgIpc) is 3.54. The number of nitrogens with zero attached hydrogens (tertiary/aromatic N) is 6. The van der Waals surface area contributed by atoms with Gasteiger partial charge in [0.15, 0.2) is 0 Å². The van der Waals surface area contributed by atoms with Crippen molar-refractivity contribution in [3.05, 3.63) is 133 Å². The molecule has 9 rings (SSSR count). The van der Waals surface area contributed by atoms with Crippen molar-refractivity contribution in [2.75, 3.05) is 0 Å². The van der Waals surface area contributed by atoms with Gasteiger partial charge in [-0.2, -0.15) is 0 Å². The molecule has 5 aromatic heterocycles. The molecule has 3 aromatic carbocycles. The molecule has 0 saturated heterocycles. The van der Waals surface area contributed by atoms with Crippen LogP contribution in [0.25, 0.3) is 72.4 Å². The summed E-state index contributed by atoms with van der Waals surface area (Å²) < 4.78 is 2.41. The molecule has 0 radical (unpaired) electrons. The third kappa shape index (κ3) is 3.45. The summed E-state index contributed by atoms with van der Waals surface area (Å²) in [5.41, 5.74) is 13.1. The normalized spacial score (nSPS) is 13.4. The zero-order valence-electron chi connectivity index (χ0n) is 24.2. The first-order valence-corrected chi connectivity index (χ1v) is 14.8. The van der Waals surface area contributed by atoms with E-state index in [1.54, 1.807) is 12.4 Å². The molecule has 44 heavy (non-hydrogen) atoms. The number of hydrogen-bond acceptors (Lipinski definition) is 5. The lowest BCUT2D eigenvalue weighted by atomic mass is 9.80. The Balaban J connectivity index is 1.41. The molecule has 6 heteroatoms. The van der Waals surface area contributed by atoms with Gasteiger partial charge in [0, 0.05) is 41.0 Å². The van der Waals surface area contributed by atoms with Crippen LogP contribution < -0.4 is 0 Å². The average molecular weight is 567 g/mol. The molecule has 0 aliphatic heterocycles. The van der Waals surface area contributed by atoms with Crippen molar-refractivity contribution in [1.82, 2.24) is 29.5 Å². The van der Waals surface area contributed by atoms with Gasteiger partial charge in [-0.3, -0.25) is 19.9 Å². The van der Waals surface area contributed by atoms with E-state index in [4.69, 9.17) is 9.97 Å². The largest absolute Gasteiger partial charge is 0.309 e. The number of para-hydroxylation sites is 1. The molecule has 208 valence electrons. The Kier molecular flexibility index (Phi) is 5.14. The Morgan fingerprint density at radius 3 is 1.93 bits per heavy atom. The fourth-order valence-corrected chi connectivity index (χ4v) is 7.14. The molecule has 0 fully saturated rings. The summed E-state index contributed by atoms with van der Waals surface area (Å²) in [4.78, 5) is 23.9. The van der Waals surface area contributed by atoms with E-state index >= 15 is 0 Å². The molecule has 0 atom stereocenters. The maximum absolute atomic E-state index is 5.06. The SMILES string of the molecule is CC1(C)c2c(ccc3nccnc23)-c2ccc3c4ccccc4n(-c4cc(-c5ccccn5)nc(-c5ccccn5)c4)c3c21. The van der Waals surface area contributed by atoms with Crippen LogP contribution in [0.2, 0.25) is 0 Å². The molecule has 0 amide bonds. The summed E-state index contributed by atoms with van der Waals surface area (Å²) >= 11 is 0. The molecule has 0 N–H and O–H groups in total. The summed E-state index contributed by atoms with van der Waals surface area (Å²) in [6, 6.07) is 33.7. The zero-order chi connectivity index (χ0) is 29.4. The number of rotatable bonds is 3. The quantitative estimate of drug-likeness (QED) is 0.214. The van der Waals surface area contributed by atoms with Crippen molar-refractivity contribution in [3.8, 4) is 39.6 Å². The predicted octanol–water partition coefficient (Wildman–Crippen LogP) is 8.55. The van der Waals surface area contributed by atoms with Crippen molar-refractivity contribution in [1.29, 1.82) is 0 Å². The monoisotopic (exact) mass is 566 g/mol. The summed E-state index contributed by atoms with van der Waals surface area (Å²) in [5.74, 6) is 0. The molecular formula is C38H26N6. The highest BCUT2D eigenvalue weighted by Gasteiger charge is 2.40. The van der Waals surface area contributed by atoms with Crippen LogP contribution in [0.5, 0.6) is 0 Å². The second kappa shape index (κ2) is 9.12. The van der Waals surface area contributed by atoms with Crippen LogP contribution in [0, 0.1) is 0 Å². The molecule has 0 spiro atoms. The highest BCUT2D eigenvalue weighted by atomic mass is 15.0. The van der Waals surface area contributed by atoms with Crippen LogP contribution in [0.4, 0.5) is 0 Å². The van der Waals surface area contributed by atoms with Crippen molar-refractivity contribution in [2.24, 2.45) is 0 Å². The molecule has 0 unspecified atom stereocenters. The second-order valence-corrected chi connectivity index (χ2v) is 11.8. The van der Waals surface area contributed by atoms with Gasteiger partial charge in [0.2, 0.25) is 0 Å². The van der Waals surface area contributed by atoms with Gasteiger partial charge >= 0.3 is 0 Å². The predicted molar refractivity (Wildman–Crippen MR) is 176 cm³/mol. The number of aromatic nitrogens is 6. The van der Waals surface area contributed by atoms with Crippen molar-refractivity contribution in [3.63, 3.8) is 0 Å². The first-order valence-electron chi connectivity index (χ1n) is 14.8. The molecule has 5 heterocycles. The van der Waals surface area contributed by atoms with E-state index in [1.807, 2.05) is 48.8 Å². The second-order valence-electron chi connectivity index (χ2n) is 11.8. The lowest BCUT2D eigenvalue weighted by Gasteiger charge is -2.24. The van der Waals surface area contributed by atoms with E-state index in [0.29, 0.717) is 0 Å². The first-order chi connectivity index (χ1) is 21.6. The number of fused-ring (bicyclic) bond motifs is 9. The Morgan fingerprint density at radius 2 is 1.20 bits per heavy atom. The third-order valence-electron chi connectivity index (χ3n) is 8.94. The van der Waals surface area contributed by atoms with E-state index < -0.39 is 0 Å². The molecule has 6 nitrogen and oxygen atoms in total. The van der Waals surface area contributed by atoms with Gasteiger partial charge in [-0.1, -0.05) is 62.4 Å². The van der Waals surface area contributed by atoms with E-state index in [9.17, 15) is 0 Å². The van der Waals surface area contributed by atoms with E-state index in [1.165, 1.54) is 38.5 Å². The summed E-state index contributed by atoms with van der Waals surface area (Å²) in [6.07, 6.45) is 7.18. The van der Waals surface area contributed by atoms with Crippen LogP contribution in [-0.4, -0.2) is 29.5 Å². The van der Waals surface area contributed by atoms with Gasteiger partial charge in [-0.15, -0.1) is 0 Å². The summed E-state index contributed by atoms with van der Waals surface area (Å²) in [6.45, 7) is 4.64. The number of pyridine rings is 3. The van der Waals surface area contributed by atoms with Gasteiger partial charge < -0.3 is 4.57 Å². The van der Waals surface area contributed by atoms with E-state index in [0.717, 1.165) is 45.0 Å². The maximum atomic E-state index is 5.06. The lowest BCUT2D eigenvalue weighted by molar-refractivity contribution is 0.668. The summed E-state index contributed by atoms with van der Waals surface area (Å²) in [5, 5.41) is 2.42. The standard InChI is InChI=1S/C38H26N6/c1-38(2)34-25(15-16-30-36(34)42-20-19-41-30)26-13-14-27-24-9-3-4-12-33(24)44(37(27)35(26)38)23-21-31(28-10-5-7-17-39-28)43-32(22-23)29-11-6-8-18-40-29/h3-22H,1-2H3. The smallest absolute Gasteiger partial charge is 0.0933 e. The van der Waals surface area contributed by atoms with Crippen LogP contribution in [0.15, 0.2) is 122 Å². The minimum absolute atomic E-state index is 0.327. The highest BCUT2D eigenvalue weighted by molar-refractivity contribution is 6.13.